The Morgan fingerprint density at radius 1 is 1.39 bits per heavy atom. The number of hydrogen-bond acceptors (Lipinski definition) is 4. The van der Waals surface area contributed by atoms with E-state index in [1.807, 2.05) is 6.07 Å². The van der Waals surface area contributed by atoms with Crippen LogP contribution in [-0.2, 0) is 0 Å². The predicted molar refractivity (Wildman–Crippen MR) is 76.7 cm³/mol. The van der Waals surface area contributed by atoms with Crippen molar-refractivity contribution in [1.82, 2.24) is 9.88 Å². The van der Waals surface area contributed by atoms with Crippen LogP contribution in [0.15, 0.2) is 24.3 Å². The summed E-state index contributed by atoms with van der Waals surface area (Å²) in [6.45, 7) is 6.54. The van der Waals surface area contributed by atoms with Gasteiger partial charge in [-0.15, -0.1) is 11.3 Å². The molecule has 1 fully saturated rings. The summed E-state index contributed by atoms with van der Waals surface area (Å²) in [7, 11) is 0. The first-order valence-corrected chi connectivity index (χ1v) is 7.32. The van der Waals surface area contributed by atoms with E-state index in [-0.39, 0.29) is 0 Å². The number of nitrogens with two attached hydrogens (primary N) is 1. The molecule has 1 aromatic heterocycles. The summed E-state index contributed by atoms with van der Waals surface area (Å²) in [5.74, 6) is 0.585. The van der Waals surface area contributed by atoms with Crippen molar-refractivity contribution in [2.45, 2.75) is 25.9 Å². The van der Waals surface area contributed by atoms with Crippen molar-refractivity contribution in [3.63, 3.8) is 0 Å². The molecule has 18 heavy (non-hydrogen) atoms. The molecule has 0 aliphatic carbocycles. The molecule has 2 N–H and O–H groups in total. The lowest BCUT2D eigenvalue weighted by molar-refractivity contribution is 0.253. The normalized spacial score (nSPS) is 26.8. The molecule has 2 heterocycles. The van der Waals surface area contributed by atoms with E-state index < -0.39 is 0 Å². The fraction of sp³-hybridized carbons (Fsp3) is 0.500. The average molecular weight is 261 g/mol. The maximum absolute atomic E-state index is 6.10. The number of hydrogen-bond donors (Lipinski definition) is 1. The van der Waals surface area contributed by atoms with Gasteiger partial charge in [-0.1, -0.05) is 19.1 Å². The number of thiazole rings is 1. The molecule has 0 radical (unpaired) electrons. The summed E-state index contributed by atoms with van der Waals surface area (Å²) >= 11 is 1.80. The molecule has 0 amide bonds. The molecule has 3 atom stereocenters. The number of likely N-dealkylation sites (tertiary alicyclic amines) is 1. The Balaban J connectivity index is 1.86. The first kappa shape index (κ1) is 12.1. The van der Waals surface area contributed by atoms with Gasteiger partial charge in [-0.3, -0.25) is 4.90 Å². The zero-order chi connectivity index (χ0) is 12.7. The third-order valence-electron chi connectivity index (χ3n) is 3.91. The molecule has 96 valence electrons. The van der Waals surface area contributed by atoms with Gasteiger partial charge < -0.3 is 5.73 Å². The Morgan fingerprint density at radius 2 is 2.17 bits per heavy atom. The summed E-state index contributed by atoms with van der Waals surface area (Å²) in [5.41, 5.74) is 7.21. The van der Waals surface area contributed by atoms with Gasteiger partial charge >= 0.3 is 0 Å². The van der Waals surface area contributed by atoms with Crippen LogP contribution in [0.3, 0.4) is 0 Å². The van der Waals surface area contributed by atoms with E-state index in [4.69, 9.17) is 10.7 Å². The number of rotatable bonds is 2. The van der Waals surface area contributed by atoms with Crippen molar-refractivity contribution in [3.05, 3.63) is 29.3 Å². The lowest BCUT2D eigenvalue weighted by atomic mass is 10.1. The van der Waals surface area contributed by atoms with Gasteiger partial charge in [0, 0.05) is 19.1 Å². The third-order valence-corrected chi connectivity index (χ3v) is 5.12. The molecule has 0 spiro atoms. The van der Waals surface area contributed by atoms with Crippen LogP contribution in [0.5, 0.6) is 0 Å². The van der Waals surface area contributed by atoms with Crippen LogP contribution in [0, 0.1) is 5.92 Å². The summed E-state index contributed by atoms with van der Waals surface area (Å²) in [5, 5.41) is 1.21. The van der Waals surface area contributed by atoms with Crippen molar-refractivity contribution in [3.8, 4) is 0 Å². The lowest BCUT2D eigenvalue weighted by Gasteiger charge is -2.21. The van der Waals surface area contributed by atoms with Crippen LogP contribution in [0.25, 0.3) is 10.2 Å². The van der Waals surface area contributed by atoms with Crippen LogP contribution in [0.1, 0.15) is 24.9 Å². The molecular formula is C14H19N3S. The predicted octanol–water partition coefficient (Wildman–Crippen LogP) is 2.64. The summed E-state index contributed by atoms with van der Waals surface area (Å²) in [4.78, 5) is 7.19. The van der Waals surface area contributed by atoms with Gasteiger partial charge in [-0.2, -0.15) is 0 Å². The molecule has 0 bridgehead atoms. The van der Waals surface area contributed by atoms with Gasteiger partial charge in [0.25, 0.3) is 0 Å². The minimum Gasteiger partial charge on any atom is -0.326 e. The summed E-state index contributed by atoms with van der Waals surface area (Å²) < 4.78 is 1.27. The number of nitrogens with zero attached hydrogens (tertiary/aromatic N) is 2. The van der Waals surface area contributed by atoms with Gasteiger partial charge in [0.1, 0.15) is 5.01 Å². The van der Waals surface area contributed by atoms with Gasteiger partial charge in [-0.25, -0.2) is 4.98 Å². The largest absolute Gasteiger partial charge is 0.326 e. The second-order valence-corrected chi connectivity index (χ2v) is 6.35. The fourth-order valence-corrected chi connectivity index (χ4v) is 3.63. The Hall–Kier alpha value is -0.970. The van der Waals surface area contributed by atoms with Crippen molar-refractivity contribution in [2.75, 3.05) is 13.1 Å². The van der Waals surface area contributed by atoms with E-state index in [1.165, 1.54) is 9.71 Å². The number of benzene rings is 1. The molecule has 1 saturated heterocycles. The lowest BCUT2D eigenvalue weighted by Crippen LogP contribution is -2.29. The highest BCUT2D eigenvalue weighted by Gasteiger charge is 2.31. The number of para-hydroxylation sites is 1. The van der Waals surface area contributed by atoms with Crippen LogP contribution in [0.2, 0.25) is 0 Å². The smallest absolute Gasteiger partial charge is 0.111 e. The molecule has 3 nitrogen and oxygen atoms in total. The van der Waals surface area contributed by atoms with E-state index >= 15 is 0 Å². The van der Waals surface area contributed by atoms with E-state index in [0.29, 0.717) is 18.0 Å². The van der Waals surface area contributed by atoms with Gasteiger partial charge in [0.2, 0.25) is 0 Å². The van der Waals surface area contributed by atoms with Gasteiger partial charge in [-0.05, 0) is 25.0 Å². The molecule has 1 aliphatic heterocycles. The zero-order valence-corrected chi connectivity index (χ0v) is 11.7. The highest BCUT2D eigenvalue weighted by atomic mass is 32.1. The maximum atomic E-state index is 6.10. The number of aromatic nitrogens is 1. The maximum Gasteiger partial charge on any atom is 0.111 e. The minimum absolute atomic E-state index is 0.307. The van der Waals surface area contributed by atoms with Crippen molar-refractivity contribution in [1.29, 1.82) is 0 Å². The Kier molecular flexibility index (Phi) is 3.09. The molecule has 4 heteroatoms. The monoisotopic (exact) mass is 261 g/mol. The third kappa shape index (κ3) is 2.05. The molecule has 0 saturated carbocycles. The SMILES string of the molecule is CC1CN(C(C)c2nc3ccccc3s2)CC1N. The van der Waals surface area contributed by atoms with Gasteiger partial charge in [0.05, 0.1) is 16.3 Å². The minimum atomic E-state index is 0.307. The standard InChI is InChI=1S/C14H19N3S/c1-9-7-17(8-11(9)15)10(2)14-16-12-5-3-4-6-13(12)18-14/h3-6,9-11H,7-8,15H2,1-2H3. The fourth-order valence-electron chi connectivity index (χ4n) is 2.57. The second kappa shape index (κ2) is 4.61. The molecule has 3 unspecified atom stereocenters. The zero-order valence-electron chi connectivity index (χ0n) is 10.8. The molecule has 1 aliphatic rings. The van der Waals surface area contributed by atoms with Crippen LogP contribution >= 0.6 is 11.3 Å². The first-order valence-electron chi connectivity index (χ1n) is 6.50. The van der Waals surface area contributed by atoms with Crippen molar-refractivity contribution >= 4 is 21.6 Å². The van der Waals surface area contributed by atoms with Crippen LogP contribution in [0.4, 0.5) is 0 Å². The highest BCUT2D eigenvalue weighted by molar-refractivity contribution is 7.18. The van der Waals surface area contributed by atoms with E-state index in [1.54, 1.807) is 11.3 Å². The van der Waals surface area contributed by atoms with Gasteiger partial charge in [0.15, 0.2) is 0 Å². The first-order chi connectivity index (χ1) is 8.65. The Labute approximate surface area is 112 Å². The molecule has 3 rings (SSSR count). The summed E-state index contributed by atoms with van der Waals surface area (Å²) in [6.07, 6.45) is 0. The molecular weight excluding hydrogens is 242 g/mol. The van der Waals surface area contributed by atoms with E-state index in [0.717, 1.165) is 18.6 Å². The summed E-state index contributed by atoms with van der Waals surface area (Å²) in [6, 6.07) is 9.02. The van der Waals surface area contributed by atoms with E-state index in [2.05, 4.69) is 36.9 Å². The van der Waals surface area contributed by atoms with Crippen molar-refractivity contribution in [2.24, 2.45) is 11.7 Å². The Morgan fingerprint density at radius 3 is 2.83 bits per heavy atom. The van der Waals surface area contributed by atoms with Crippen LogP contribution < -0.4 is 5.73 Å². The molecule has 1 aromatic carbocycles. The second-order valence-electron chi connectivity index (χ2n) is 5.29. The number of fused-ring (bicyclic) bond motifs is 1. The van der Waals surface area contributed by atoms with Crippen LogP contribution in [-0.4, -0.2) is 29.0 Å². The topological polar surface area (TPSA) is 42.2 Å². The quantitative estimate of drug-likeness (QED) is 0.903. The Bertz CT molecular complexity index is 508. The van der Waals surface area contributed by atoms with E-state index in [9.17, 15) is 0 Å². The average Bonchev–Trinajstić information content (AvgIpc) is 2.93. The highest BCUT2D eigenvalue weighted by Crippen LogP contribution is 2.32. The van der Waals surface area contributed by atoms with Crippen molar-refractivity contribution < 1.29 is 0 Å². The molecule has 2 aromatic rings.